The topological polar surface area (TPSA) is 79.6 Å². The zero-order chi connectivity index (χ0) is 21.1. The maximum absolute atomic E-state index is 12.7. The highest BCUT2D eigenvalue weighted by atomic mass is 35.5. The number of aromatic nitrogens is 1. The lowest BCUT2D eigenvalue weighted by molar-refractivity contribution is -0.384. The van der Waals surface area contributed by atoms with E-state index in [0.717, 1.165) is 16.3 Å². The number of carbonyl (C=O) groups is 1. The van der Waals surface area contributed by atoms with Crippen LogP contribution in [0.5, 0.6) is 0 Å². The molecule has 0 unspecified atom stereocenters. The monoisotopic (exact) mass is 442 g/mol. The van der Waals surface area contributed by atoms with Crippen molar-refractivity contribution in [3.8, 4) is 10.6 Å². The molecule has 1 saturated heterocycles. The zero-order valence-corrected chi connectivity index (χ0v) is 17.6. The third kappa shape index (κ3) is 4.29. The second-order valence-corrected chi connectivity index (χ2v) is 8.18. The SMILES string of the molecule is O=C(Cc1csc(-c2ccccc2Cl)n1)N1CCN(c2ccccc2[N+](=O)[O-])CC1. The van der Waals surface area contributed by atoms with Gasteiger partial charge in [0.15, 0.2) is 0 Å². The molecular formula is C21H19ClN4O3S. The number of hydrogen-bond donors (Lipinski definition) is 0. The van der Waals surface area contributed by atoms with Crippen LogP contribution in [-0.4, -0.2) is 46.9 Å². The number of nitrogens with zero attached hydrogens (tertiary/aromatic N) is 4. The largest absolute Gasteiger partial charge is 0.362 e. The number of anilines is 1. The summed E-state index contributed by atoms with van der Waals surface area (Å²) in [5, 5.41) is 14.6. The fourth-order valence-corrected chi connectivity index (χ4v) is 4.64. The number of halogens is 1. The summed E-state index contributed by atoms with van der Waals surface area (Å²) < 4.78 is 0. The van der Waals surface area contributed by atoms with E-state index >= 15 is 0 Å². The molecule has 2 aromatic carbocycles. The average Bonchev–Trinajstić information content (AvgIpc) is 3.22. The number of thiazole rings is 1. The minimum absolute atomic E-state index is 0.00761. The van der Waals surface area contributed by atoms with Crippen LogP contribution in [0, 0.1) is 10.1 Å². The second kappa shape index (κ2) is 8.81. The molecule has 0 radical (unpaired) electrons. The molecule has 0 atom stereocenters. The first-order chi connectivity index (χ1) is 14.5. The van der Waals surface area contributed by atoms with Gasteiger partial charge < -0.3 is 9.80 Å². The summed E-state index contributed by atoms with van der Waals surface area (Å²) in [4.78, 5) is 32.0. The first-order valence-electron chi connectivity index (χ1n) is 9.48. The molecule has 0 spiro atoms. The molecule has 1 fully saturated rings. The highest BCUT2D eigenvalue weighted by Crippen LogP contribution is 2.31. The summed E-state index contributed by atoms with van der Waals surface area (Å²) >= 11 is 7.70. The Morgan fingerprint density at radius 1 is 1.10 bits per heavy atom. The molecule has 30 heavy (non-hydrogen) atoms. The van der Waals surface area contributed by atoms with Gasteiger partial charge in [0, 0.05) is 43.2 Å². The van der Waals surface area contributed by atoms with Crippen molar-refractivity contribution < 1.29 is 9.72 Å². The summed E-state index contributed by atoms with van der Waals surface area (Å²) in [5.41, 5.74) is 2.27. The van der Waals surface area contributed by atoms with Gasteiger partial charge in [-0.3, -0.25) is 14.9 Å². The van der Waals surface area contributed by atoms with E-state index in [4.69, 9.17) is 11.6 Å². The Hall–Kier alpha value is -2.97. The number of rotatable bonds is 5. The molecule has 3 aromatic rings. The second-order valence-electron chi connectivity index (χ2n) is 6.91. The minimum atomic E-state index is -0.369. The number of hydrogen-bond acceptors (Lipinski definition) is 6. The molecule has 1 amide bonds. The van der Waals surface area contributed by atoms with Gasteiger partial charge in [-0.2, -0.15) is 0 Å². The molecule has 154 valence electrons. The minimum Gasteiger partial charge on any atom is -0.362 e. The molecule has 4 rings (SSSR count). The summed E-state index contributed by atoms with van der Waals surface area (Å²) in [6.45, 7) is 2.15. The highest BCUT2D eigenvalue weighted by Gasteiger charge is 2.25. The summed E-state index contributed by atoms with van der Waals surface area (Å²) in [6, 6.07) is 14.2. The maximum Gasteiger partial charge on any atom is 0.292 e. The van der Waals surface area contributed by atoms with Crippen LogP contribution >= 0.6 is 22.9 Å². The molecule has 1 aliphatic heterocycles. The van der Waals surface area contributed by atoms with E-state index in [-0.39, 0.29) is 22.9 Å². The van der Waals surface area contributed by atoms with Crippen molar-refractivity contribution in [1.29, 1.82) is 0 Å². The molecule has 0 saturated carbocycles. The molecule has 0 bridgehead atoms. The van der Waals surface area contributed by atoms with Gasteiger partial charge >= 0.3 is 0 Å². The molecule has 1 aromatic heterocycles. The highest BCUT2D eigenvalue weighted by molar-refractivity contribution is 7.13. The quantitative estimate of drug-likeness (QED) is 0.435. The number of para-hydroxylation sites is 2. The molecule has 1 aliphatic rings. The summed E-state index contributed by atoms with van der Waals surface area (Å²) in [6.07, 6.45) is 0.229. The van der Waals surface area contributed by atoms with Crippen LogP contribution in [0.25, 0.3) is 10.6 Å². The fourth-order valence-electron chi connectivity index (χ4n) is 3.50. The summed E-state index contributed by atoms with van der Waals surface area (Å²) in [5.74, 6) is 0.00761. The van der Waals surface area contributed by atoms with Gasteiger partial charge in [0.05, 0.1) is 22.1 Å². The van der Waals surface area contributed by atoms with Crippen molar-refractivity contribution >= 4 is 40.2 Å². The van der Waals surface area contributed by atoms with E-state index in [1.54, 1.807) is 23.1 Å². The molecule has 0 N–H and O–H groups in total. The maximum atomic E-state index is 12.7. The lowest BCUT2D eigenvalue weighted by Gasteiger charge is -2.35. The molecule has 0 aliphatic carbocycles. The number of amides is 1. The standard InChI is InChI=1S/C21H19ClN4O3S/c22-17-6-2-1-5-16(17)21-23-15(14-30-21)13-20(27)25-11-9-24(10-12-25)18-7-3-4-8-19(18)26(28)29/h1-8,14H,9-13H2. The van der Waals surface area contributed by atoms with E-state index in [9.17, 15) is 14.9 Å². The molecule has 7 nitrogen and oxygen atoms in total. The number of nitro groups is 1. The van der Waals surface area contributed by atoms with Gasteiger partial charge in [-0.25, -0.2) is 4.98 Å². The predicted octanol–water partition coefficient (Wildman–Crippen LogP) is 4.26. The van der Waals surface area contributed by atoms with Crippen molar-refractivity contribution in [2.45, 2.75) is 6.42 Å². The third-order valence-electron chi connectivity index (χ3n) is 5.04. The van der Waals surface area contributed by atoms with Crippen LogP contribution in [0.15, 0.2) is 53.9 Å². The van der Waals surface area contributed by atoms with Crippen LogP contribution in [0.2, 0.25) is 5.02 Å². The molecule has 2 heterocycles. The van der Waals surface area contributed by atoms with Crippen molar-refractivity contribution in [2.75, 3.05) is 31.1 Å². The van der Waals surface area contributed by atoms with Crippen LogP contribution in [0.4, 0.5) is 11.4 Å². The van der Waals surface area contributed by atoms with Gasteiger partial charge in [-0.05, 0) is 12.1 Å². The lowest BCUT2D eigenvalue weighted by Crippen LogP contribution is -2.49. The van der Waals surface area contributed by atoms with Gasteiger partial charge in [0.2, 0.25) is 5.91 Å². The van der Waals surface area contributed by atoms with Gasteiger partial charge in [-0.15, -0.1) is 11.3 Å². The Balaban J connectivity index is 1.38. The van der Waals surface area contributed by atoms with Crippen LogP contribution < -0.4 is 4.90 Å². The molecular weight excluding hydrogens is 424 g/mol. The fraction of sp³-hybridized carbons (Fsp3) is 0.238. The van der Waals surface area contributed by atoms with Crippen molar-refractivity contribution in [3.63, 3.8) is 0 Å². The van der Waals surface area contributed by atoms with Gasteiger partial charge in [-0.1, -0.05) is 41.9 Å². The van der Waals surface area contributed by atoms with E-state index in [1.807, 2.05) is 34.5 Å². The molecule has 9 heteroatoms. The van der Waals surface area contributed by atoms with Crippen LogP contribution in [0.3, 0.4) is 0 Å². The Morgan fingerprint density at radius 2 is 1.80 bits per heavy atom. The van der Waals surface area contributed by atoms with Crippen LogP contribution in [0.1, 0.15) is 5.69 Å². The van der Waals surface area contributed by atoms with E-state index < -0.39 is 0 Å². The first kappa shape index (κ1) is 20.3. The van der Waals surface area contributed by atoms with Gasteiger partial charge in [0.1, 0.15) is 10.7 Å². The Morgan fingerprint density at radius 3 is 2.53 bits per heavy atom. The Labute approximate surface area is 182 Å². The zero-order valence-electron chi connectivity index (χ0n) is 16.0. The van der Waals surface area contributed by atoms with E-state index in [1.165, 1.54) is 17.4 Å². The Kier molecular flexibility index (Phi) is 5.96. The Bertz CT molecular complexity index is 1080. The van der Waals surface area contributed by atoms with Crippen molar-refractivity contribution in [2.24, 2.45) is 0 Å². The van der Waals surface area contributed by atoms with E-state index in [0.29, 0.717) is 36.9 Å². The first-order valence-corrected chi connectivity index (χ1v) is 10.7. The third-order valence-corrected chi connectivity index (χ3v) is 6.29. The average molecular weight is 443 g/mol. The normalized spacial score (nSPS) is 14.0. The van der Waals surface area contributed by atoms with E-state index in [2.05, 4.69) is 4.98 Å². The van der Waals surface area contributed by atoms with Crippen molar-refractivity contribution in [1.82, 2.24) is 9.88 Å². The lowest BCUT2D eigenvalue weighted by atomic mass is 10.2. The number of nitro benzene ring substituents is 1. The number of piperazine rings is 1. The smallest absolute Gasteiger partial charge is 0.292 e. The number of benzene rings is 2. The number of carbonyl (C=O) groups excluding carboxylic acids is 1. The van der Waals surface area contributed by atoms with Crippen LogP contribution in [-0.2, 0) is 11.2 Å². The predicted molar refractivity (Wildman–Crippen MR) is 118 cm³/mol. The van der Waals surface area contributed by atoms with Crippen molar-refractivity contribution in [3.05, 3.63) is 74.7 Å². The van der Waals surface area contributed by atoms with Gasteiger partial charge in [0.25, 0.3) is 5.69 Å². The summed E-state index contributed by atoms with van der Waals surface area (Å²) in [7, 11) is 0.